The lowest BCUT2D eigenvalue weighted by atomic mass is 10.1. The normalized spacial score (nSPS) is 11.1. The molecule has 160 valence electrons. The molecule has 0 radical (unpaired) electrons. The number of benzene rings is 2. The molecule has 3 aromatic rings. The fraction of sp³-hybridized carbons (Fsp3) is 0.100. The average Bonchev–Trinajstić information content (AvgIpc) is 2.71. The molecule has 0 aliphatic rings. The van der Waals surface area contributed by atoms with Crippen molar-refractivity contribution >= 4 is 35.1 Å². The van der Waals surface area contributed by atoms with E-state index in [4.69, 9.17) is 17.3 Å². The van der Waals surface area contributed by atoms with Crippen LogP contribution in [-0.2, 0) is 12.7 Å². The lowest BCUT2D eigenvalue weighted by molar-refractivity contribution is -0.141. The number of nitrogens with two attached hydrogens (primary N) is 1. The highest BCUT2D eigenvalue weighted by Crippen LogP contribution is 2.31. The van der Waals surface area contributed by atoms with Crippen LogP contribution in [-0.4, -0.2) is 21.8 Å². The van der Waals surface area contributed by atoms with Crippen molar-refractivity contribution in [1.82, 2.24) is 15.3 Å². The van der Waals surface area contributed by atoms with Crippen LogP contribution in [0.3, 0.4) is 0 Å². The number of hydrogen-bond acceptors (Lipinski definition) is 5. The second-order valence-electron chi connectivity index (χ2n) is 6.33. The lowest BCUT2D eigenvalue weighted by Crippen LogP contribution is -2.27. The number of nitrogens with one attached hydrogen (secondary N) is 2. The van der Waals surface area contributed by atoms with E-state index in [1.165, 1.54) is 30.3 Å². The summed E-state index contributed by atoms with van der Waals surface area (Å²) >= 11 is 5.85. The Labute approximate surface area is 179 Å². The van der Waals surface area contributed by atoms with Crippen molar-refractivity contribution in [2.75, 3.05) is 5.32 Å². The third-order valence-electron chi connectivity index (χ3n) is 4.07. The zero-order valence-electron chi connectivity index (χ0n) is 15.7. The van der Waals surface area contributed by atoms with E-state index in [9.17, 15) is 22.8 Å². The first-order chi connectivity index (χ1) is 14.6. The van der Waals surface area contributed by atoms with Gasteiger partial charge >= 0.3 is 6.18 Å². The Kier molecular flexibility index (Phi) is 6.40. The molecule has 11 heteroatoms. The maximum absolute atomic E-state index is 13.5. The Bertz CT molecular complexity index is 1120. The summed E-state index contributed by atoms with van der Waals surface area (Å²) in [6, 6.07) is 12.2. The summed E-state index contributed by atoms with van der Waals surface area (Å²) in [5.41, 5.74) is 4.26. The third kappa shape index (κ3) is 5.70. The van der Waals surface area contributed by atoms with Crippen LogP contribution in [0.15, 0.2) is 54.7 Å². The largest absolute Gasteiger partial charge is 0.434 e. The molecule has 0 bridgehead atoms. The van der Waals surface area contributed by atoms with Crippen LogP contribution in [0.5, 0.6) is 0 Å². The first-order valence-electron chi connectivity index (χ1n) is 8.77. The molecule has 3 rings (SSSR count). The number of alkyl halides is 3. The van der Waals surface area contributed by atoms with Crippen molar-refractivity contribution in [2.45, 2.75) is 12.7 Å². The van der Waals surface area contributed by atoms with Crippen molar-refractivity contribution in [3.8, 4) is 0 Å². The van der Waals surface area contributed by atoms with Crippen LogP contribution >= 0.6 is 11.6 Å². The Hall–Kier alpha value is -3.66. The minimum Gasteiger partial charge on any atom is -0.366 e. The number of carbonyl (C=O) groups is 2. The first kappa shape index (κ1) is 22.0. The van der Waals surface area contributed by atoms with Gasteiger partial charge in [-0.2, -0.15) is 13.2 Å². The van der Waals surface area contributed by atoms with E-state index < -0.39 is 29.2 Å². The molecule has 2 aromatic carbocycles. The predicted octanol–water partition coefficient (Wildman–Crippen LogP) is 3.92. The summed E-state index contributed by atoms with van der Waals surface area (Å²) in [7, 11) is 0. The molecule has 7 nitrogen and oxygen atoms in total. The van der Waals surface area contributed by atoms with Crippen molar-refractivity contribution in [2.24, 2.45) is 5.73 Å². The highest BCUT2D eigenvalue weighted by Gasteiger charge is 2.38. The van der Waals surface area contributed by atoms with Gasteiger partial charge in [-0.3, -0.25) is 9.59 Å². The predicted molar refractivity (Wildman–Crippen MR) is 108 cm³/mol. The molecule has 4 N–H and O–H groups in total. The van der Waals surface area contributed by atoms with Gasteiger partial charge in [-0.1, -0.05) is 29.8 Å². The second-order valence-corrected chi connectivity index (χ2v) is 6.77. The SMILES string of the molecule is NC(=O)c1ccc(CNC(=O)c2cnc(Nc3cccc(Cl)c3)nc2C(F)(F)F)cc1. The van der Waals surface area contributed by atoms with Crippen molar-refractivity contribution in [3.63, 3.8) is 0 Å². The molecule has 1 heterocycles. The molecule has 0 unspecified atom stereocenters. The van der Waals surface area contributed by atoms with E-state index in [0.717, 1.165) is 6.20 Å². The zero-order valence-corrected chi connectivity index (χ0v) is 16.5. The van der Waals surface area contributed by atoms with Crippen molar-refractivity contribution in [1.29, 1.82) is 0 Å². The third-order valence-corrected chi connectivity index (χ3v) is 4.31. The maximum Gasteiger partial charge on any atom is 0.434 e. The molecule has 0 aliphatic carbocycles. The number of hydrogen-bond donors (Lipinski definition) is 3. The van der Waals surface area contributed by atoms with Gasteiger partial charge in [0.1, 0.15) is 0 Å². The van der Waals surface area contributed by atoms with Crippen LogP contribution in [0.1, 0.15) is 32.0 Å². The molecule has 0 atom stereocenters. The highest BCUT2D eigenvalue weighted by molar-refractivity contribution is 6.30. The molecule has 0 saturated carbocycles. The minimum atomic E-state index is -4.89. The molecule has 0 fully saturated rings. The molecular formula is C20H15ClF3N5O2. The summed E-state index contributed by atoms with van der Waals surface area (Å²) < 4.78 is 40.5. The number of rotatable bonds is 6. The average molecular weight is 450 g/mol. The second kappa shape index (κ2) is 9.00. The van der Waals surface area contributed by atoms with E-state index in [-0.39, 0.29) is 18.1 Å². The maximum atomic E-state index is 13.5. The molecule has 31 heavy (non-hydrogen) atoms. The van der Waals surface area contributed by atoms with E-state index in [2.05, 4.69) is 20.6 Å². The minimum absolute atomic E-state index is 0.0717. The molecule has 0 spiro atoms. The van der Waals surface area contributed by atoms with Gasteiger partial charge in [-0.15, -0.1) is 0 Å². The van der Waals surface area contributed by atoms with Gasteiger partial charge in [0, 0.05) is 29.0 Å². The lowest BCUT2D eigenvalue weighted by Gasteiger charge is -2.14. The molecule has 2 amide bonds. The Balaban J connectivity index is 1.79. The van der Waals surface area contributed by atoms with Crippen LogP contribution in [0.2, 0.25) is 5.02 Å². The van der Waals surface area contributed by atoms with Crippen LogP contribution < -0.4 is 16.4 Å². The number of nitrogens with zero attached hydrogens (tertiary/aromatic N) is 2. The molecule has 1 aromatic heterocycles. The summed E-state index contributed by atoms with van der Waals surface area (Å²) in [5.74, 6) is -1.96. The van der Waals surface area contributed by atoms with E-state index in [0.29, 0.717) is 16.3 Å². The molecule has 0 aliphatic heterocycles. The number of amides is 2. The van der Waals surface area contributed by atoms with Gasteiger partial charge in [0.15, 0.2) is 5.69 Å². The number of primary amides is 1. The Morgan fingerprint density at radius 3 is 2.42 bits per heavy atom. The Morgan fingerprint density at radius 2 is 1.81 bits per heavy atom. The van der Waals surface area contributed by atoms with E-state index in [1.54, 1.807) is 18.2 Å². The van der Waals surface area contributed by atoms with Gasteiger partial charge in [0.05, 0.1) is 5.56 Å². The number of carbonyl (C=O) groups excluding carboxylic acids is 2. The summed E-state index contributed by atoms with van der Waals surface area (Å²) in [5, 5.41) is 5.38. The van der Waals surface area contributed by atoms with Crippen molar-refractivity contribution < 1.29 is 22.8 Å². The van der Waals surface area contributed by atoms with E-state index >= 15 is 0 Å². The molecule has 0 saturated heterocycles. The summed E-state index contributed by atoms with van der Waals surface area (Å²) in [6.07, 6.45) is -4.09. The van der Waals surface area contributed by atoms with Gasteiger partial charge < -0.3 is 16.4 Å². The van der Waals surface area contributed by atoms with Gasteiger partial charge in [-0.05, 0) is 35.9 Å². The summed E-state index contributed by atoms with van der Waals surface area (Å²) in [4.78, 5) is 30.7. The van der Waals surface area contributed by atoms with Crippen molar-refractivity contribution in [3.05, 3.63) is 82.1 Å². The topological polar surface area (TPSA) is 110 Å². The monoisotopic (exact) mass is 449 g/mol. The van der Waals surface area contributed by atoms with Crippen LogP contribution in [0.4, 0.5) is 24.8 Å². The number of anilines is 2. The molecular weight excluding hydrogens is 435 g/mol. The number of halogens is 4. The Morgan fingerprint density at radius 1 is 1.10 bits per heavy atom. The standard InChI is InChI=1S/C20H15ClF3N5O2/c21-13-2-1-3-14(8-13)28-19-27-10-15(16(29-19)20(22,23)24)18(31)26-9-11-4-6-12(7-5-11)17(25)30/h1-8,10H,9H2,(H2,25,30)(H,26,31)(H,27,28,29). The van der Waals surface area contributed by atoms with Crippen LogP contribution in [0.25, 0.3) is 0 Å². The number of aromatic nitrogens is 2. The van der Waals surface area contributed by atoms with Crippen LogP contribution in [0, 0.1) is 0 Å². The quantitative estimate of drug-likeness (QED) is 0.528. The first-order valence-corrected chi connectivity index (χ1v) is 9.15. The fourth-order valence-electron chi connectivity index (χ4n) is 2.58. The van der Waals surface area contributed by atoms with E-state index in [1.807, 2.05) is 0 Å². The summed E-state index contributed by atoms with van der Waals surface area (Å²) in [6.45, 7) is -0.0717. The van der Waals surface area contributed by atoms with Gasteiger partial charge in [-0.25, -0.2) is 9.97 Å². The fourth-order valence-corrected chi connectivity index (χ4v) is 2.77. The highest BCUT2D eigenvalue weighted by atomic mass is 35.5. The zero-order chi connectivity index (χ0) is 22.6. The van der Waals surface area contributed by atoms with Gasteiger partial charge in [0.2, 0.25) is 11.9 Å². The van der Waals surface area contributed by atoms with Gasteiger partial charge in [0.25, 0.3) is 5.91 Å². The smallest absolute Gasteiger partial charge is 0.366 e.